The maximum Gasteiger partial charge on any atom is 0.152 e. The van der Waals surface area contributed by atoms with E-state index in [1.165, 1.54) is 27.9 Å². The minimum absolute atomic E-state index is 0.210. The fourth-order valence-corrected chi connectivity index (χ4v) is 7.38. The normalized spacial score (nSPS) is 13.5. The Morgan fingerprint density at radius 3 is 1.65 bits per heavy atom. The molecule has 0 aliphatic carbocycles. The minimum atomic E-state index is -0.210. The summed E-state index contributed by atoms with van der Waals surface area (Å²) in [6.07, 6.45) is 0. The van der Waals surface area contributed by atoms with Crippen molar-refractivity contribution in [2.75, 3.05) is 9.80 Å². The molecule has 0 spiro atoms. The Hall–Kier alpha value is -6.06. The second-order valence-electron chi connectivity index (χ2n) is 13.0. The average Bonchev–Trinajstić information content (AvgIpc) is 3.14. The van der Waals surface area contributed by atoms with Crippen LogP contribution in [0, 0.1) is 0 Å². The Morgan fingerprint density at radius 1 is 0.438 bits per heavy atom. The van der Waals surface area contributed by atoms with Crippen LogP contribution in [0.5, 0.6) is 11.5 Å². The molecule has 7 aromatic rings. The summed E-state index contributed by atoms with van der Waals surface area (Å²) in [5.74, 6) is 1.76. The molecule has 0 fully saturated rings. The van der Waals surface area contributed by atoms with E-state index in [-0.39, 0.29) is 5.41 Å². The molecule has 0 atom stereocenters. The van der Waals surface area contributed by atoms with E-state index in [1.54, 1.807) is 0 Å². The molecule has 0 aromatic heterocycles. The van der Waals surface area contributed by atoms with Gasteiger partial charge in [-0.25, -0.2) is 0 Å². The second-order valence-corrected chi connectivity index (χ2v) is 13.0. The van der Waals surface area contributed by atoms with Crippen LogP contribution in [0.1, 0.15) is 25.0 Å². The number of para-hydroxylation sites is 4. The van der Waals surface area contributed by atoms with Crippen LogP contribution in [0.25, 0.3) is 22.3 Å². The van der Waals surface area contributed by atoms with Gasteiger partial charge in [0.2, 0.25) is 0 Å². The lowest BCUT2D eigenvalue weighted by Gasteiger charge is -2.45. The SMILES string of the molecule is CC1(C)c2ccccc2N2c3ccccc3Oc3cc(-c4ccc(N(c5ccccc5)c5ccc(-c6ccccc6)cc5)cc4)cc1c32. The van der Waals surface area contributed by atoms with Gasteiger partial charge in [0.15, 0.2) is 11.5 Å². The second kappa shape index (κ2) is 11.0. The van der Waals surface area contributed by atoms with Gasteiger partial charge in [-0.1, -0.05) is 117 Å². The maximum atomic E-state index is 6.66. The van der Waals surface area contributed by atoms with Gasteiger partial charge < -0.3 is 14.5 Å². The largest absolute Gasteiger partial charge is 0.453 e. The third kappa shape index (κ3) is 4.51. The lowest BCUT2D eigenvalue weighted by molar-refractivity contribution is 0.471. The summed E-state index contributed by atoms with van der Waals surface area (Å²) >= 11 is 0. The van der Waals surface area contributed by atoms with E-state index in [1.807, 2.05) is 6.07 Å². The molecule has 0 unspecified atom stereocenters. The highest BCUT2D eigenvalue weighted by molar-refractivity contribution is 5.94. The van der Waals surface area contributed by atoms with Gasteiger partial charge in [0, 0.05) is 22.5 Å². The van der Waals surface area contributed by atoms with Crippen molar-refractivity contribution >= 4 is 34.1 Å². The zero-order chi connectivity index (χ0) is 32.2. The Labute approximate surface area is 281 Å². The summed E-state index contributed by atoms with van der Waals surface area (Å²) < 4.78 is 6.66. The van der Waals surface area contributed by atoms with Crippen molar-refractivity contribution in [1.82, 2.24) is 0 Å². The average molecular weight is 619 g/mol. The molecule has 0 N–H and O–H groups in total. The summed E-state index contributed by atoms with van der Waals surface area (Å²) in [6.45, 7) is 4.65. The van der Waals surface area contributed by atoms with Gasteiger partial charge in [-0.2, -0.15) is 0 Å². The van der Waals surface area contributed by atoms with Crippen LogP contribution in [0.2, 0.25) is 0 Å². The van der Waals surface area contributed by atoms with E-state index in [4.69, 9.17) is 4.74 Å². The zero-order valence-corrected chi connectivity index (χ0v) is 27.0. The molecule has 3 nitrogen and oxygen atoms in total. The van der Waals surface area contributed by atoms with Gasteiger partial charge in [-0.15, -0.1) is 0 Å². The molecule has 0 radical (unpaired) electrons. The Morgan fingerprint density at radius 2 is 0.958 bits per heavy atom. The van der Waals surface area contributed by atoms with Gasteiger partial charge >= 0.3 is 0 Å². The molecule has 0 bridgehead atoms. The fraction of sp³-hybridized carbons (Fsp3) is 0.0667. The van der Waals surface area contributed by atoms with Crippen LogP contribution in [-0.2, 0) is 5.41 Å². The molecule has 2 heterocycles. The van der Waals surface area contributed by atoms with Crippen molar-refractivity contribution in [1.29, 1.82) is 0 Å². The van der Waals surface area contributed by atoms with Crippen LogP contribution in [-0.4, -0.2) is 0 Å². The smallest absolute Gasteiger partial charge is 0.152 e. The van der Waals surface area contributed by atoms with Crippen LogP contribution in [0.4, 0.5) is 34.1 Å². The van der Waals surface area contributed by atoms with Gasteiger partial charge in [-0.3, -0.25) is 0 Å². The molecule has 9 rings (SSSR count). The summed E-state index contributed by atoms with van der Waals surface area (Å²) in [4.78, 5) is 4.70. The van der Waals surface area contributed by atoms with Crippen molar-refractivity contribution in [2.24, 2.45) is 0 Å². The lowest BCUT2D eigenvalue weighted by Crippen LogP contribution is -2.32. The third-order valence-electron chi connectivity index (χ3n) is 9.82. The van der Waals surface area contributed by atoms with Gasteiger partial charge in [0.05, 0.1) is 17.1 Å². The fourth-order valence-electron chi connectivity index (χ4n) is 7.38. The predicted octanol–water partition coefficient (Wildman–Crippen LogP) is 12.7. The van der Waals surface area contributed by atoms with Gasteiger partial charge in [-0.05, 0) is 100 Å². The van der Waals surface area contributed by atoms with E-state index < -0.39 is 0 Å². The molecule has 2 aliphatic heterocycles. The lowest BCUT2D eigenvalue weighted by atomic mass is 9.72. The highest BCUT2D eigenvalue weighted by Gasteiger charge is 2.41. The van der Waals surface area contributed by atoms with Gasteiger partial charge in [0.1, 0.15) is 0 Å². The summed E-state index contributed by atoms with van der Waals surface area (Å²) in [6, 6.07) is 60.5. The first-order valence-electron chi connectivity index (χ1n) is 16.5. The summed E-state index contributed by atoms with van der Waals surface area (Å²) in [7, 11) is 0. The van der Waals surface area contributed by atoms with Crippen molar-refractivity contribution in [3.63, 3.8) is 0 Å². The molecule has 0 amide bonds. The number of hydrogen-bond acceptors (Lipinski definition) is 3. The zero-order valence-electron chi connectivity index (χ0n) is 27.0. The van der Waals surface area contributed by atoms with E-state index in [0.717, 1.165) is 51.1 Å². The molecule has 3 heteroatoms. The Bertz CT molecular complexity index is 2270. The van der Waals surface area contributed by atoms with Gasteiger partial charge in [0.25, 0.3) is 0 Å². The minimum Gasteiger partial charge on any atom is -0.453 e. The van der Waals surface area contributed by atoms with E-state index in [9.17, 15) is 0 Å². The Balaban J connectivity index is 1.13. The molecule has 0 saturated heterocycles. The molecule has 230 valence electrons. The number of nitrogens with zero attached hydrogens (tertiary/aromatic N) is 2. The van der Waals surface area contributed by atoms with Crippen LogP contribution in [0.15, 0.2) is 170 Å². The van der Waals surface area contributed by atoms with Crippen molar-refractivity contribution in [3.05, 3.63) is 181 Å². The number of rotatable bonds is 5. The maximum absolute atomic E-state index is 6.66. The third-order valence-corrected chi connectivity index (χ3v) is 9.82. The van der Waals surface area contributed by atoms with Crippen molar-refractivity contribution in [3.8, 4) is 33.8 Å². The molecule has 7 aromatic carbocycles. The van der Waals surface area contributed by atoms with E-state index >= 15 is 0 Å². The molecule has 2 aliphatic rings. The monoisotopic (exact) mass is 618 g/mol. The molecule has 0 saturated carbocycles. The first kappa shape index (κ1) is 28.2. The quantitative estimate of drug-likeness (QED) is 0.191. The first-order valence-corrected chi connectivity index (χ1v) is 16.5. The molecular weight excluding hydrogens is 585 g/mol. The molecular formula is C45H34N2O. The van der Waals surface area contributed by atoms with Crippen LogP contribution in [0.3, 0.4) is 0 Å². The van der Waals surface area contributed by atoms with E-state index in [0.29, 0.717) is 0 Å². The number of fused-ring (bicyclic) bond motifs is 4. The first-order chi connectivity index (χ1) is 23.6. The number of ether oxygens (including phenoxy) is 1. The summed E-state index contributed by atoms with van der Waals surface area (Å²) in [5.41, 5.74) is 13.8. The standard InChI is InChI=1S/C45H34N2O/c1-45(2)38-17-9-10-18-40(38)47-41-19-11-12-20-42(41)48-43-30-34(29-39(45)44(43)47)33-23-27-37(28-24-33)46(35-15-7-4-8-16-35)36-25-21-32(22-26-36)31-13-5-3-6-14-31/h3-30H,1-2H3. The Kier molecular flexibility index (Phi) is 6.48. The number of anilines is 6. The highest BCUT2D eigenvalue weighted by Crippen LogP contribution is 2.60. The number of hydrogen-bond donors (Lipinski definition) is 0. The highest BCUT2D eigenvalue weighted by atomic mass is 16.5. The molecule has 48 heavy (non-hydrogen) atoms. The van der Waals surface area contributed by atoms with E-state index in [2.05, 4.69) is 187 Å². The van der Waals surface area contributed by atoms with Crippen LogP contribution >= 0.6 is 0 Å². The van der Waals surface area contributed by atoms with Crippen LogP contribution < -0.4 is 14.5 Å². The summed E-state index contributed by atoms with van der Waals surface area (Å²) in [5, 5.41) is 0. The number of benzene rings is 7. The topological polar surface area (TPSA) is 15.7 Å². The van der Waals surface area contributed by atoms with Crippen molar-refractivity contribution in [2.45, 2.75) is 19.3 Å². The van der Waals surface area contributed by atoms with Crippen molar-refractivity contribution < 1.29 is 4.74 Å². The predicted molar refractivity (Wildman–Crippen MR) is 199 cm³/mol.